The van der Waals surface area contributed by atoms with E-state index in [1.54, 1.807) is 0 Å². The van der Waals surface area contributed by atoms with E-state index in [2.05, 4.69) is 28.2 Å². The first-order valence-electron chi connectivity index (χ1n) is 6.52. The zero-order valence-corrected chi connectivity index (χ0v) is 12.8. The Morgan fingerprint density at radius 3 is 2.72 bits per heavy atom. The molecular weight excluding hydrogens is 317 g/mol. The number of benzene rings is 1. The summed E-state index contributed by atoms with van der Waals surface area (Å²) in [6.45, 7) is 2.90. The van der Waals surface area contributed by atoms with E-state index in [4.69, 9.17) is 11.6 Å². The summed E-state index contributed by atoms with van der Waals surface area (Å²) in [5.74, 6) is 0.237. The Kier molecular flexibility index (Phi) is 5.05. The van der Waals surface area contributed by atoms with Crippen LogP contribution in [0.1, 0.15) is 44.2 Å². The molecule has 1 aromatic rings. The first-order chi connectivity index (χ1) is 8.65. The van der Waals surface area contributed by atoms with Crippen LogP contribution in [-0.4, -0.2) is 6.54 Å². The fourth-order valence-corrected chi connectivity index (χ4v) is 3.30. The molecule has 100 valence electrons. The Bertz CT molecular complexity index is 419. The number of halogens is 3. The van der Waals surface area contributed by atoms with Crippen molar-refractivity contribution in [3.8, 4) is 0 Å². The molecule has 0 heterocycles. The van der Waals surface area contributed by atoms with Crippen molar-refractivity contribution in [1.82, 2.24) is 5.32 Å². The van der Waals surface area contributed by atoms with E-state index < -0.39 is 0 Å². The monoisotopic (exact) mass is 333 g/mol. The second kappa shape index (κ2) is 6.36. The van der Waals surface area contributed by atoms with E-state index in [0.29, 0.717) is 16.0 Å². The summed E-state index contributed by atoms with van der Waals surface area (Å²) in [5.41, 5.74) is 0.706. The quantitative estimate of drug-likeness (QED) is 0.757. The van der Waals surface area contributed by atoms with Gasteiger partial charge in [-0.2, -0.15) is 0 Å². The number of hydrogen-bond donors (Lipinski definition) is 1. The van der Waals surface area contributed by atoms with Gasteiger partial charge in [-0.1, -0.05) is 37.4 Å². The predicted molar refractivity (Wildman–Crippen MR) is 77.5 cm³/mol. The fraction of sp³-hybridized carbons (Fsp3) is 0.571. The van der Waals surface area contributed by atoms with Crippen LogP contribution >= 0.6 is 27.5 Å². The van der Waals surface area contributed by atoms with Crippen molar-refractivity contribution < 1.29 is 4.39 Å². The number of nitrogens with one attached hydrogen (secondary N) is 1. The fourth-order valence-electron chi connectivity index (χ4n) is 2.82. The van der Waals surface area contributed by atoms with Crippen LogP contribution in [0.3, 0.4) is 0 Å². The van der Waals surface area contributed by atoms with Crippen LogP contribution in [0.15, 0.2) is 16.6 Å². The minimum Gasteiger partial charge on any atom is -0.310 e. The molecule has 1 aromatic carbocycles. The van der Waals surface area contributed by atoms with Crippen LogP contribution in [0.4, 0.5) is 4.39 Å². The summed E-state index contributed by atoms with van der Waals surface area (Å²) in [5, 5.41) is 3.60. The average molecular weight is 335 g/mol. The molecule has 18 heavy (non-hydrogen) atoms. The largest absolute Gasteiger partial charge is 0.310 e. The first-order valence-corrected chi connectivity index (χ1v) is 7.69. The molecule has 1 aliphatic rings. The van der Waals surface area contributed by atoms with Gasteiger partial charge in [0.05, 0.1) is 5.02 Å². The summed E-state index contributed by atoms with van der Waals surface area (Å²) in [4.78, 5) is 0. The van der Waals surface area contributed by atoms with E-state index in [0.717, 1.165) is 6.54 Å². The molecule has 1 N–H and O–H groups in total. The summed E-state index contributed by atoms with van der Waals surface area (Å²) in [6, 6.07) is 3.76. The minimum absolute atomic E-state index is 0.0862. The van der Waals surface area contributed by atoms with Gasteiger partial charge in [0, 0.05) is 16.1 Å². The van der Waals surface area contributed by atoms with Gasteiger partial charge in [0.2, 0.25) is 0 Å². The molecule has 1 atom stereocenters. The van der Waals surface area contributed by atoms with Crippen molar-refractivity contribution in [2.75, 3.05) is 6.54 Å². The highest BCUT2D eigenvalue weighted by Gasteiger charge is 2.28. The lowest BCUT2D eigenvalue weighted by Crippen LogP contribution is -2.27. The summed E-state index contributed by atoms with van der Waals surface area (Å²) < 4.78 is 14.9. The highest BCUT2D eigenvalue weighted by molar-refractivity contribution is 9.10. The maximum Gasteiger partial charge on any atom is 0.147 e. The normalized spacial score (nSPS) is 18.2. The van der Waals surface area contributed by atoms with Gasteiger partial charge in [0.1, 0.15) is 5.82 Å². The minimum atomic E-state index is -0.288. The zero-order chi connectivity index (χ0) is 13.1. The van der Waals surface area contributed by atoms with Crippen molar-refractivity contribution in [3.05, 3.63) is 33.0 Å². The van der Waals surface area contributed by atoms with E-state index in [1.807, 2.05) is 12.1 Å². The third kappa shape index (κ3) is 2.89. The topological polar surface area (TPSA) is 12.0 Å². The second-order valence-corrected chi connectivity index (χ2v) is 6.08. The van der Waals surface area contributed by atoms with E-state index in [-0.39, 0.29) is 16.9 Å². The van der Waals surface area contributed by atoms with Gasteiger partial charge in [-0.25, -0.2) is 4.39 Å². The second-order valence-electron chi connectivity index (χ2n) is 4.84. The Hall–Kier alpha value is -0.120. The van der Waals surface area contributed by atoms with Gasteiger partial charge < -0.3 is 5.32 Å². The number of hydrogen-bond acceptors (Lipinski definition) is 1. The smallest absolute Gasteiger partial charge is 0.147 e. The third-order valence-corrected chi connectivity index (χ3v) is 4.95. The molecule has 0 bridgehead atoms. The Balaban J connectivity index is 2.32. The van der Waals surface area contributed by atoms with Crippen molar-refractivity contribution in [2.45, 2.75) is 38.6 Å². The van der Waals surface area contributed by atoms with Crippen LogP contribution < -0.4 is 5.32 Å². The van der Waals surface area contributed by atoms with Crippen molar-refractivity contribution >= 4 is 27.5 Å². The molecule has 1 unspecified atom stereocenters. The molecule has 0 saturated heterocycles. The molecule has 4 heteroatoms. The first kappa shape index (κ1) is 14.3. The summed E-state index contributed by atoms with van der Waals surface area (Å²) >= 11 is 9.24. The lowest BCUT2D eigenvalue weighted by atomic mass is 9.91. The van der Waals surface area contributed by atoms with Crippen molar-refractivity contribution in [2.24, 2.45) is 5.92 Å². The molecule has 0 radical (unpaired) electrons. The van der Waals surface area contributed by atoms with E-state index in [9.17, 15) is 4.39 Å². The van der Waals surface area contributed by atoms with Crippen LogP contribution in [0.2, 0.25) is 5.02 Å². The van der Waals surface area contributed by atoms with Crippen LogP contribution in [0.25, 0.3) is 0 Å². The summed E-state index contributed by atoms with van der Waals surface area (Å²) in [7, 11) is 0. The molecule has 1 aliphatic carbocycles. The highest BCUT2D eigenvalue weighted by atomic mass is 79.9. The maximum atomic E-state index is 14.3. The van der Waals surface area contributed by atoms with Gasteiger partial charge >= 0.3 is 0 Å². The number of rotatable bonds is 4. The van der Waals surface area contributed by atoms with E-state index in [1.165, 1.54) is 25.7 Å². The molecule has 1 saturated carbocycles. The Labute approximate surface area is 121 Å². The average Bonchev–Trinajstić information content (AvgIpc) is 2.88. The molecule has 0 aromatic heterocycles. The molecule has 0 spiro atoms. The Morgan fingerprint density at radius 1 is 1.44 bits per heavy atom. The van der Waals surface area contributed by atoms with Crippen molar-refractivity contribution in [3.63, 3.8) is 0 Å². The van der Waals surface area contributed by atoms with Gasteiger partial charge in [0.25, 0.3) is 0 Å². The van der Waals surface area contributed by atoms with Crippen LogP contribution in [0.5, 0.6) is 0 Å². The summed E-state index contributed by atoms with van der Waals surface area (Å²) in [6.07, 6.45) is 4.84. The van der Waals surface area contributed by atoms with Gasteiger partial charge in [-0.3, -0.25) is 0 Å². The Morgan fingerprint density at radius 2 is 2.11 bits per heavy atom. The third-order valence-electron chi connectivity index (χ3n) is 3.70. The molecule has 0 amide bonds. The highest BCUT2D eigenvalue weighted by Crippen LogP contribution is 2.39. The van der Waals surface area contributed by atoms with Crippen LogP contribution in [-0.2, 0) is 0 Å². The molecule has 0 aliphatic heterocycles. The SMILES string of the molecule is CCNC(c1ccc(Br)c(Cl)c1F)C1CCCC1. The maximum absolute atomic E-state index is 14.3. The zero-order valence-electron chi connectivity index (χ0n) is 10.5. The standard InChI is InChI=1S/C14H18BrClFN/c1-2-18-14(9-5-3-4-6-9)10-7-8-11(15)12(16)13(10)17/h7-9,14,18H,2-6H2,1H3. The lowest BCUT2D eigenvalue weighted by Gasteiger charge is -2.25. The molecule has 1 fully saturated rings. The van der Waals surface area contributed by atoms with E-state index >= 15 is 0 Å². The predicted octanol–water partition coefficient (Wildman–Crippen LogP) is 5.08. The van der Waals surface area contributed by atoms with Gasteiger partial charge in [-0.05, 0) is 47.3 Å². The lowest BCUT2D eigenvalue weighted by molar-refractivity contribution is 0.363. The molecule has 2 rings (SSSR count). The van der Waals surface area contributed by atoms with Crippen LogP contribution in [0, 0.1) is 11.7 Å². The molecule has 1 nitrogen and oxygen atoms in total. The molecular formula is C14H18BrClFN. The van der Waals surface area contributed by atoms with Crippen molar-refractivity contribution in [1.29, 1.82) is 0 Å². The van der Waals surface area contributed by atoms with Gasteiger partial charge in [-0.15, -0.1) is 0 Å². The van der Waals surface area contributed by atoms with Gasteiger partial charge in [0.15, 0.2) is 0 Å².